The van der Waals surface area contributed by atoms with Gasteiger partial charge in [-0.25, -0.2) is 9.89 Å². The summed E-state index contributed by atoms with van der Waals surface area (Å²) in [5.41, 5.74) is 0.386. The Hall–Kier alpha value is -2.45. The summed E-state index contributed by atoms with van der Waals surface area (Å²) in [5, 5.41) is 16.4. The molecule has 132 valence electrons. The van der Waals surface area contributed by atoms with E-state index in [0.717, 1.165) is 18.4 Å². The number of benzene rings is 1. The van der Waals surface area contributed by atoms with E-state index < -0.39 is 11.4 Å². The van der Waals surface area contributed by atoms with E-state index in [9.17, 15) is 14.7 Å². The molecular weight excluding hydrogens is 326 g/mol. The maximum atomic E-state index is 12.7. The number of aliphatic hydroxyl groups is 1. The van der Waals surface area contributed by atoms with Crippen molar-refractivity contribution in [3.8, 4) is 0 Å². The molecule has 1 amide bonds. The number of hydrogen-bond donors (Lipinski definition) is 2. The van der Waals surface area contributed by atoms with Crippen molar-refractivity contribution in [2.24, 2.45) is 0 Å². The Bertz CT molecular complexity index is 821. The largest absolute Gasteiger partial charge is 0.434 e. The maximum Gasteiger partial charge on any atom is 0.434 e. The highest BCUT2D eigenvalue weighted by molar-refractivity contribution is 5.94. The van der Waals surface area contributed by atoms with Gasteiger partial charge in [0.05, 0.1) is 19.1 Å². The lowest BCUT2D eigenvalue weighted by molar-refractivity contribution is -0.184. The standard InChI is InChI=1S/C17H19N3O5/c21-15(11-3-5-13(6-4-11)17(23)9-24-10-17)20-7-1-2-12(8-20)14-18-19-16(22)25-14/h3-6,12,23H,1-2,7-10H2,(H,19,22). The van der Waals surface area contributed by atoms with Gasteiger partial charge in [0.1, 0.15) is 5.60 Å². The Morgan fingerprint density at radius 1 is 1.32 bits per heavy atom. The topological polar surface area (TPSA) is 109 Å². The van der Waals surface area contributed by atoms with Gasteiger partial charge in [0.25, 0.3) is 5.91 Å². The van der Waals surface area contributed by atoms with E-state index in [2.05, 4.69) is 10.2 Å². The van der Waals surface area contributed by atoms with Gasteiger partial charge in [-0.2, -0.15) is 0 Å². The molecule has 2 N–H and O–H groups in total. The number of aromatic amines is 1. The van der Waals surface area contributed by atoms with Crippen LogP contribution in [0.25, 0.3) is 0 Å². The van der Waals surface area contributed by atoms with Crippen LogP contribution in [0.3, 0.4) is 0 Å². The van der Waals surface area contributed by atoms with Gasteiger partial charge in [-0.3, -0.25) is 4.79 Å². The fourth-order valence-corrected chi connectivity index (χ4v) is 3.35. The van der Waals surface area contributed by atoms with Crippen LogP contribution in [0.5, 0.6) is 0 Å². The van der Waals surface area contributed by atoms with E-state index in [4.69, 9.17) is 9.15 Å². The van der Waals surface area contributed by atoms with Crippen LogP contribution in [0.4, 0.5) is 0 Å². The van der Waals surface area contributed by atoms with Crippen molar-refractivity contribution in [2.45, 2.75) is 24.4 Å². The van der Waals surface area contributed by atoms with Gasteiger partial charge in [0.15, 0.2) is 0 Å². The van der Waals surface area contributed by atoms with Crippen molar-refractivity contribution in [3.05, 3.63) is 51.8 Å². The Kier molecular flexibility index (Phi) is 3.93. The molecule has 2 aliphatic heterocycles. The monoisotopic (exact) mass is 345 g/mol. The van der Waals surface area contributed by atoms with Gasteiger partial charge < -0.3 is 19.2 Å². The Labute approximate surface area is 143 Å². The van der Waals surface area contributed by atoms with E-state index in [0.29, 0.717) is 24.5 Å². The second kappa shape index (κ2) is 6.12. The summed E-state index contributed by atoms with van der Waals surface area (Å²) in [4.78, 5) is 25.6. The second-order valence-electron chi connectivity index (χ2n) is 6.64. The number of piperidine rings is 1. The van der Waals surface area contributed by atoms with Gasteiger partial charge >= 0.3 is 5.76 Å². The highest BCUT2D eigenvalue weighted by Gasteiger charge is 2.38. The number of ether oxygens (including phenoxy) is 1. The third-order valence-electron chi connectivity index (χ3n) is 4.86. The van der Waals surface area contributed by atoms with E-state index in [1.807, 2.05) is 0 Å². The summed E-state index contributed by atoms with van der Waals surface area (Å²) >= 11 is 0. The third-order valence-corrected chi connectivity index (χ3v) is 4.86. The number of likely N-dealkylation sites (tertiary alicyclic amines) is 1. The Balaban J connectivity index is 1.47. The van der Waals surface area contributed by atoms with Crippen LogP contribution < -0.4 is 5.76 Å². The molecule has 1 aromatic carbocycles. The first kappa shape index (κ1) is 16.0. The molecule has 0 bridgehead atoms. The number of carbonyl (C=O) groups is 1. The number of nitrogens with zero attached hydrogens (tertiary/aromatic N) is 2. The predicted molar refractivity (Wildman–Crippen MR) is 86.2 cm³/mol. The predicted octanol–water partition coefficient (Wildman–Crippen LogP) is 0.601. The van der Waals surface area contributed by atoms with Gasteiger partial charge in [-0.1, -0.05) is 12.1 Å². The van der Waals surface area contributed by atoms with Crippen LogP contribution in [0.2, 0.25) is 0 Å². The average molecular weight is 345 g/mol. The number of amides is 1. The Morgan fingerprint density at radius 3 is 2.68 bits per heavy atom. The Morgan fingerprint density at radius 2 is 2.08 bits per heavy atom. The van der Waals surface area contributed by atoms with Crippen molar-refractivity contribution in [2.75, 3.05) is 26.3 Å². The number of H-pyrrole nitrogens is 1. The van der Waals surface area contributed by atoms with Crippen molar-refractivity contribution in [1.82, 2.24) is 15.1 Å². The fraction of sp³-hybridized carbons (Fsp3) is 0.471. The lowest BCUT2D eigenvalue weighted by Crippen LogP contribution is -2.46. The molecule has 3 heterocycles. The van der Waals surface area contributed by atoms with Crippen molar-refractivity contribution < 1.29 is 19.1 Å². The first-order chi connectivity index (χ1) is 12.0. The normalized spacial score (nSPS) is 22.4. The molecule has 8 heteroatoms. The smallest absolute Gasteiger partial charge is 0.392 e. The molecule has 2 aliphatic rings. The summed E-state index contributed by atoms with van der Waals surface area (Å²) in [6, 6.07) is 6.99. The number of carbonyl (C=O) groups excluding carboxylic acids is 1. The molecule has 0 saturated carbocycles. The molecule has 4 rings (SSSR count). The lowest BCUT2D eigenvalue weighted by Gasteiger charge is -2.36. The zero-order valence-electron chi connectivity index (χ0n) is 13.6. The van der Waals surface area contributed by atoms with Crippen molar-refractivity contribution in [3.63, 3.8) is 0 Å². The second-order valence-corrected chi connectivity index (χ2v) is 6.64. The van der Waals surface area contributed by atoms with Crippen molar-refractivity contribution >= 4 is 5.91 Å². The average Bonchev–Trinajstić information content (AvgIpc) is 3.06. The van der Waals surface area contributed by atoms with Crippen molar-refractivity contribution in [1.29, 1.82) is 0 Å². The van der Waals surface area contributed by atoms with E-state index in [1.54, 1.807) is 29.2 Å². The SMILES string of the molecule is O=C(c1ccc(C2(O)COC2)cc1)N1CCCC(c2n[nH]c(=O)o2)C1. The highest BCUT2D eigenvalue weighted by Crippen LogP contribution is 2.30. The first-order valence-electron chi connectivity index (χ1n) is 8.30. The summed E-state index contributed by atoms with van der Waals surface area (Å²) in [5.74, 6) is -0.383. The number of nitrogens with one attached hydrogen (secondary N) is 1. The quantitative estimate of drug-likeness (QED) is 0.843. The number of hydrogen-bond acceptors (Lipinski definition) is 6. The third kappa shape index (κ3) is 2.98. The zero-order chi connectivity index (χ0) is 17.4. The summed E-state index contributed by atoms with van der Waals surface area (Å²) in [6.45, 7) is 1.68. The molecule has 0 radical (unpaired) electrons. The van der Waals surface area contributed by atoms with E-state index in [-0.39, 0.29) is 25.0 Å². The molecule has 2 aromatic rings. The molecule has 2 saturated heterocycles. The van der Waals surface area contributed by atoms with Crippen LogP contribution in [0.1, 0.15) is 40.6 Å². The molecule has 25 heavy (non-hydrogen) atoms. The summed E-state index contributed by atoms with van der Waals surface area (Å²) in [7, 11) is 0. The lowest BCUT2D eigenvalue weighted by atomic mass is 9.91. The molecule has 1 unspecified atom stereocenters. The van der Waals surface area contributed by atoms with Crippen LogP contribution >= 0.6 is 0 Å². The number of aromatic nitrogens is 2. The molecule has 1 aromatic heterocycles. The molecule has 2 fully saturated rings. The van der Waals surface area contributed by atoms with Gasteiger partial charge in [-0.05, 0) is 30.5 Å². The molecular formula is C17H19N3O5. The highest BCUT2D eigenvalue weighted by atomic mass is 16.5. The van der Waals surface area contributed by atoms with Crippen LogP contribution in [0.15, 0.2) is 33.5 Å². The van der Waals surface area contributed by atoms with Crippen LogP contribution in [-0.2, 0) is 10.3 Å². The first-order valence-corrected chi connectivity index (χ1v) is 8.30. The minimum absolute atomic E-state index is 0.0778. The van der Waals surface area contributed by atoms with Gasteiger partial charge in [0.2, 0.25) is 5.89 Å². The maximum absolute atomic E-state index is 12.7. The van der Waals surface area contributed by atoms with E-state index >= 15 is 0 Å². The zero-order valence-corrected chi connectivity index (χ0v) is 13.6. The van der Waals surface area contributed by atoms with Crippen LogP contribution in [0, 0.1) is 0 Å². The van der Waals surface area contributed by atoms with Gasteiger partial charge in [0, 0.05) is 18.7 Å². The van der Waals surface area contributed by atoms with Crippen LogP contribution in [-0.4, -0.2) is 52.4 Å². The summed E-state index contributed by atoms with van der Waals surface area (Å²) in [6.07, 6.45) is 1.64. The van der Waals surface area contributed by atoms with E-state index in [1.165, 1.54) is 0 Å². The summed E-state index contributed by atoms with van der Waals surface area (Å²) < 4.78 is 10.1. The molecule has 0 spiro atoms. The fourth-order valence-electron chi connectivity index (χ4n) is 3.35. The molecule has 0 aliphatic carbocycles. The number of rotatable bonds is 3. The van der Waals surface area contributed by atoms with Gasteiger partial charge in [-0.15, -0.1) is 5.10 Å². The minimum Gasteiger partial charge on any atom is -0.392 e. The molecule has 8 nitrogen and oxygen atoms in total. The molecule has 1 atom stereocenters. The minimum atomic E-state index is -0.935.